The van der Waals surface area contributed by atoms with Crippen LogP contribution in [0.2, 0.25) is 0 Å². The average Bonchev–Trinajstić information content (AvgIpc) is 2.10. The van der Waals surface area contributed by atoms with E-state index in [4.69, 9.17) is 4.74 Å². The van der Waals surface area contributed by atoms with Crippen LogP contribution >= 0.6 is 0 Å². The van der Waals surface area contributed by atoms with E-state index in [0.717, 1.165) is 0 Å². The first kappa shape index (κ1) is 12.0. The molecule has 2 heteroatoms. The van der Waals surface area contributed by atoms with Gasteiger partial charge in [-0.15, -0.1) is 0 Å². The minimum Gasteiger partial charge on any atom is -0.374 e. The molecule has 0 aromatic heterocycles. The van der Waals surface area contributed by atoms with Gasteiger partial charge in [0.15, 0.2) is 0 Å². The van der Waals surface area contributed by atoms with Crippen LogP contribution in [0.3, 0.4) is 0 Å². The van der Waals surface area contributed by atoms with Crippen molar-refractivity contribution in [1.29, 1.82) is 0 Å². The molecule has 1 rings (SSSR count). The molecule has 0 spiro atoms. The lowest BCUT2D eigenvalue weighted by Crippen LogP contribution is -2.41. The second-order valence-electron chi connectivity index (χ2n) is 4.61. The Kier molecular flexibility index (Phi) is 5.49. The first-order chi connectivity index (χ1) is 6.74. The van der Waals surface area contributed by atoms with Crippen molar-refractivity contribution in [2.45, 2.75) is 70.6 Å². The number of ether oxygens (including phenoxy) is 1. The fourth-order valence-corrected chi connectivity index (χ4v) is 2.29. The molecule has 1 fully saturated rings. The zero-order valence-corrected chi connectivity index (χ0v) is 9.88. The Hall–Kier alpha value is -0.0800. The molecule has 0 aliphatic heterocycles. The van der Waals surface area contributed by atoms with E-state index in [0.29, 0.717) is 18.2 Å². The Bertz CT molecular complexity index is 147. The Morgan fingerprint density at radius 2 is 1.71 bits per heavy atom. The molecule has 0 aromatic rings. The molecule has 0 unspecified atom stereocenters. The second kappa shape index (κ2) is 6.41. The molecule has 0 radical (unpaired) electrons. The standard InChI is InChI=1S/C12H25NO/c1-10(2)14-12-9-7-5-4-6-8-11(12)13-3/h10-13H,4-9H2,1-3H3/t11-,12+/m1/s1. The summed E-state index contributed by atoms with van der Waals surface area (Å²) in [7, 11) is 2.06. The summed E-state index contributed by atoms with van der Waals surface area (Å²) in [5.41, 5.74) is 0. The van der Waals surface area contributed by atoms with E-state index in [1.54, 1.807) is 0 Å². The highest BCUT2D eigenvalue weighted by molar-refractivity contribution is 4.78. The van der Waals surface area contributed by atoms with Crippen molar-refractivity contribution in [1.82, 2.24) is 5.32 Å². The molecule has 1 saturated carbocycles. The van der Waals surface area contributed by atoms with Gasteiger partial charge in [0.1, 0.15) is 0 Å². The molecule has 1 N–H and O–H groups in total. The van der Waals surface area contributed by atoms with Crippen molar-refractivity contribution in [3.8, 4) is 0 Å². The number of nitrogens with one attached hydrogen (secondary N) is 1. The van der Waals surface area contributed by atoms with E-state index in [9.17, 15) is 0 Å². The molecule has 0 heterocycles. The topological polar surface area (TPSA) is 21.3 Å². The quantitative estimate of drug-likeness (QED) is 0.754. The van der Waals surface area contributed by atoms with E-state index in [2.05, 4.69) is 26.2 Å². The Balaban J connectivity index is 2.45. The summed E-state index contributed by atoms with van der Waals surface area (Å²) >= 11 is 0. The number of rotatable bonds is 3. The van der Waals surface area contributed by atoms with E-state index < -0.39 is 0 Å². The molecule has 0 amide bonds. The Labute approximate surface area is 88.4 Å². The fraction of sp³-hybridized carbons (Fsp3) is 1.00. The maximum absolute atomic E-state index is 5.97. The molecule has 84 valence electrons. The largest absolute Gasteiger partial charge is 0.374 e. The third kappa shape index (κ3) is 3.97. The van der Waals surface area contributed by atoms with Gasteiger partial charge < -0.3 is 10.1 Å². The minimum atomic E-state index is 0.357. The van der Waals surface area contributed by atoms with Crippen LogP contribution < -0.4 is 5.32 Å². The molecular weight excluding hydrogens is 174 g/mol. The predicted molar refractivity (Wildman–Crippen MR) is 60.6 cm³/mol. The number of hydrogen-bond donors (Lipinski definition) is 1. The van der Waals surface area contributed by atoms with E-state index in [-0.39, 0.29) is 0 Å². The smallest absolute Gasteiger partial charge is 0.0731 e. The zero-order valence-electron chi connectivity index (χ0n) is 9.88. The highest BCUT2D eigenvalue weighted by atomic mass is 16.5. The summed E-state index contributed by atoms with van der Waals surface area (Å²) in [4.78, 5) is 0. The summed E-state index contributed by atoms with van der Waals surface area (Å²) in [5, 5.41) is 3.40. The third-order valence-corrected chi connectivity index (χ3v) is 3.02. The Morgan fingerprint density at radius 3 is 2.29 bits per heavy atom. The maximum atomic E-state index is 5.97. The summed E-state index contributed by atoms with van der Waals surface area (Å²) in [6, 6.07) is 0.567. The van der Waals surface area contributed by atoms with Gasteiger partial charge in [-0.05, 0) is 33.7 Å². The summed E-state index contributed by atoms with van der Waals surface area (Å²) in [5.74, 6) is 0. The fourth-order valence-electron chi connectivity index (χ4n) is 2.29. The molecular formula is C12H25NO. The van der Waals surface area contributed by atoms with Crippen LogP contribution in [0.5, 0.6) is 0 Å². The van der Waals surface area contributed by atoms with Crippen LogP contribution in [0.25, 0.3) is 0 Å². The van der Waals surface area contributed by atoms with E-state index in [1.165, 1.54) is 38.5 Å². The maximum Gasteiger partial charge on any atom is 0.0731 e. The van der Waals surface area contributed by atoms with Crippen LogP contribution in [-0.4, -0.2) is 25.3 Å². The lowest BCUT2D eigenvalue weighted by atomic mass is 9.94. The van der Waals surface area contributed by atoms with Crippen molar-refractivity contribution in [3.63, 3.8) is 0 Å². The average molecular weight is 199 g/mol. The molecule has 1 aliphatic rings. The first-order valence-electron chi connectivity index (χ1n) is 6.06. The van der Waals surface area contributed by atoms with Gasteiger partial charge in [0.05, 0.1) is 12.2 Å². The lowest BCUT2D eigenvalue weighted by Gasteiger charge is -2.30. The number of hydrogen-bond acceptors (Lipinski definition) is 2. The highest BCUT2D eigenvalue weighted by Gasteiger charge is 2.22. The SMILES string of the molecule is CN[C@@H]1CCCCCC[C@@H]1OC(C)C. The second-order valence-corrected chi connectivity index (χ2v) is 4.61. The van der Waals surface area contributed by atoms with Crippen molar-refractivity contribution >= 4 is 0 Å². The predicted octanol–water partition coefficient (Wildman–Crippen LogP) is 2.72. The first-order valence-corrected chi connectivity index (χ1v) is 6.06. The lowest BCUT2D eigenvalue weighted by molar-refractivity contribution is -0.0225. The Morgan fingerprint density at radius 1 is 1.07 bits per heavy atom. The summed E-state index contributed by atoms with van der Waals surface area (Å²) in [6.07, 6.45) is 8.74. The minimum absolute atomic E-state index is 0.357. The van der Waals surface area contributed by atoms with Crippen molar-refractivity contribution < 1.29 is 4.74 Å². The van der Waals surface area contributed by atoms with Gasteiger partial charge in [-0.1, -0.05) is 25.7 Å². The van der Waals surface area contributed by atoms with Gasteiger partial charge in [-0.2, -0.15) is 0 Å². The van der Waals surface area contributed by atoms with E-state index in [1.807, 2.05) is 0 Å². The highest BCUT2D eigenvalue weighted by Crippen LogP contribution is 2.20. The van der Waals surface area contributed by atoms with Gasteiger partial charge >= 0.3 is 0 Å². The molecule has 1 aliphatic carbocycles. The van der Waals surface area contributed by atoms with Gasteiger partial charge in [-0.25, -0.2) is 0 Å². The molecule has 2 atom stereocenters. The van der Waals surface area contributed by atoms with Crippen LogP contribution in [-0.2, 0) is 4.74 Å². The molecule has 2 nitrogen and oxygen atoms in total. The normalized spacial score (nSPS) is 30.0. The van der Waals surface area contributed by atoms with Gasteiger partial charge in [0.2, 0.25) is 0 Å². The third-order valence-electron chi connectivity index (χ3n) is 3.02. The van der Waals surface area contributed by atoms with Crippen molar-refractivity contribution in [2.75, 3.05) is 7.05 Å². The van der Waals surface area contributed by atoms with E-state index >= 15 is 0 Å². The van der Waals surface area contributed by atoms with Crippen molar-refractivity contribution in [3.05, 3.63) is 0 Å². The van der Waals surface area contributed by atoms with Crippen LogP contribution in [0, 0.1) is 0 Å². The monoisotopic (exact) mass is 199 g/mol. The summed E-state index contributed by atoms with van der Waals surface area (Å²) in [6.45, 7) is 4.26. The van der Waals surface area contributed by atoms with Crippen LogP contribution in [0.15, 0.2) is 0 Å². The summed E-state index contributed by atoms with van der Waals surface area (Å²) < 4.78 is 5.97. The molecule has 0 saturated heterocycles. The molecule has 14 heavy (non-hydrogen) atoms. The van der Waals surface area contributed by atoms with Gasteiger partial charge in [-0.3, -0.25) is 0 Å². The van der Waals surface area contributed by atoms with Crippen LogP contribution in [0.1, 0.15) is 52.4 Å². The molecule has 0 bridgehead atoms. The molecule has 0 aromatic carbocycles. The van der Waals surface area contributed by atoms with Gasteiger partial charge in [0.25, 0.3) is 0 Å². The zero-order chi connectivity index (χ0) is 10.4. The van der Waals surface area contributed by atoms with Gasteiger partial charge in [0, 0.05) is 6.04 Å². The number of likely N-dealkylation sites (N-methyl/N-ethyl adjacent to an activating group) is 1. The van der Waals surface area contributed by atoms with Crippen molar-refractivity contribution in [2.24, 2.45) is 0 Å². The van der Waals surface area contributed by atoms with Crippen LogP contribution in [0.4, 0.5) is 0 Å².